The lowest BCUT2D eigenvalue weighted by Crippen LogP contribution is -2.52. The number of ether oxygens (including phenoxy) is 1. The van der Waals surface area contributed by atoms with E-state index in [1.165, 1.54) is 0 Å². The van der Waals surface area contributed by atoms with E-state index in [4.69, 9.17) is 4.74 Å². The van der Waals surface area contributed by atoms with Gasteiger partial charge in [0.2, 0.25) is 0 Å². The first-order chi connectivity index (χ1) is 9.64. The molecule has 5 atom stereocenters. The van der Waals surface area contributed by atoms with Gasteiger partial charge in [0.25, 0.3) is 0 Å². The molecule has 114 valence electrons. The first-order valence-electron chi connectivity index (χ1n) is 7.06. The highest BCUT2D eigenvalue weighted by Gasteiger charge is 2.59. The molecule has 2 aliphatic carbocycles. The van der Waals surface area contributed by atoms with Crippen molar-refractivity contribution in [1.29, 1.82) is 0 Å². The predicted molar refractivity (Wildman–Crippen MR) is 73.9 cm³/mol. The smallest absolute Gasteiger partial charge is 0.103 e. The van der Waals surface area contributed by atoms with Crippen LogP contribution in [0.3, 0.4) is 0 Å². The fourth-order valence-corrected chi connectivity index (χ4v) is 3.90. The molecule has 0 aromatic heterocycles. The lowest BCUT2D eigenvalue weighted by Gasteiger charge is -2.44. The summed E-state index contributed by atoms with van der Waals surface area (Å²) in [6, 6.07) is 0. The van der Waals surface area contributed by atoms with Gasteiger partial charge in [-0.1, -0.05) is 18.2 Å². The number of hydrogen-bond acceptors (Lipinski definition) is 5. The fourth-order valence-electron chi connectivity index (χ4n) is 3.90. The third-order valence-electron chi connectivity index (χ3n) is 4.90. The maximum absolute atomic E-state index is 10.1. The molecule has 0 radical (unpaired) electrons. The van der Waals surface area contributed by atoms with Crippen LogP contribution in [0.5, 0.6) is 0 Å². The summed E-state index contributed by atoms with van der Waals surface area (Å²) in [5.74, 6) is 0.0261. The van der Waals surface area contributed by atoms with Crippen LogP contribution in [0.25, 0.3) is 0 Å². The van der Waals surface area contributed by atoms with Crippen LogP contribution in [0.1, 0.15) is 6.42 Å². The first-order valence-corrected chi connectivity index (χ1v) is 7.06. The summed E-state index contributed by atoms with van der Waals surface area (Å²) in [4.78, 5) is 0. The summed E-state index contributed by atoms with van der Waals surface area (Å²) in [7, 11) is 0. The molecular formula is C15H24O5. The Labute approximate surface area is 119 Å². The fraction of sp³-hybridized carbons (Fsp3) is 0.733. The van der Waals surface area contributed by atoms with Crippen molar-refractivity contribution in [3.8, 4) is 0 Å². The molecule has 5 heteroatoms. The maximum Gasteiger partial charge on any atom is 0.103 e. The topological polar surface area (TPSA) is 90.2 Å². The molecule has 1 saturated carbocycles. The van der Waals surface area contributed by atoms with Gasteiger partial charge < -0.3 is 25.2 Å². The van der Waals surface area contributed by atoms with Gasteiger partial charge in [-0.3, -0.25) is 0 Å². The Kier molecular flexibility index (Phi) is 4.99. The zero-order chi connectivity index (χ0) is 14.8. The quantitative estimate of drug-likeness (QED) is 0.460. The average molecular weight is 284 g/mol. The molecule has 0 aliphatic heterocycles. The monoisotopic (exact) mass is 284 g/mol. The second-order valence-electron chi connectivity index (χ2n) is 5.80. The summed E-state index contributed by atoms with van der Waals surface area (Å²) < 4.78 is 5.66. The molecule has 2 rings (SSSR count). The van der Waals surface area contributed by atoms with E-state index < -0.39 is 24.2 Å². The third-order valence-corrected chi connectivity index (χ3v) is 4.90. The van der Waals surface area contributed by atoms with Crippen molar-refractivity contribution in [2.24, 2.45) is 23.2 Å². The van der Waals surface area contributed by atoms with E-state index >= 15 is 0 Å². The van der Waals surface area contributed by atoms with Crippen LogP contribution in [0.4, 0.5) is 0 Å². The molecule has 0 spiro atoms. The molecule has 20 heavy (non-hydrogen) atoms. The highest BCUT2D eigenvalue weighted by atomic mass is 16.5. The average Bonchev–Trinajstić information content (AvgIpc) is 3.07. The van der Waals surface area contributed by atoms with Gasteiger partial charge in [-0.15, -0.1) is 6.58 Å². The lowest BCUT2D eigenvalue weighted by atomic mass is 9.66. The summed E-state index contributed by atoms with van der Waals surface area (Å²) in [5, 5.41) is 39.0. The minimum atomic E-state index is -1.04. The molecule has 0 aromatic rings. The Morgan fingerprint density at radius 2 is 2.00 bits per heavy atom. The van der Waals surface area contributed by atoms with Crippen LogP contribution in [-0.2, 0) is 4.74 Å². The van der Waals surface area contributed by atoms with Crippen LogP contribution in [0.2, 0.25) is 0 Å². The highest BCUT2D eigenvalue weighted by Crippen LogP contribution is 2.57. The van der Waals surface area contributed by atoms with Crippen LogP contribution in [0, 0.1) is 23.2 Å². The second kappa shape index (κ2) is 6.37. The third kappa shape index (κ3) is 2.34. The number of allylic oxidation sites excluding steroid dienone is 2. The van der Waals surface area contributed by atoms with Gasteiger partial charge >= 0.3 is 0 Å². The number of aliphatic hydroxyl groups is 4. The molecule has 5 nitrogen and oxygen atoms in total. The number of rotatable bonds is 8. The Bertz CT molecular complexity index is 363. The van der Waals surface area contributed by atoms with Gasteiger partial charge in [0, 0.05) is 11.3 Å². The second-order valence-corrected chi connectivity index (χ2v) is 5.80. The van der Waals surface area contributed by atoms with Crippen molar-refractivity contribution in [2.45, 2.75) is 18.6 Å². The summed E-state index contributed by atoms with van der Waals surface area (Å²) in [6.45, 7) is 3.11. The maximum atomic E-state index is 10.1. The minimum absolute atomic E-state index is 0.0909. The van der Waals surface area contributed by atoms with Crippen LogP contribution in [-0.4, -0.2) is 59.1 Å². The summed E-state index contributed by atoms with van der Waals surface area (Å²) in [6.07, 6.45) is 4.86. The standard InChI is InChI=1S/C15H24O5/c1-2-5-20-14(12(19)7-16)13-10-3-4-11(6-10)15(13,8-17)9-18/h2-4,10-14,16-19H,1,5-9H2. The number of aliphatic hydroxyl groups excluding tert-OH is 4. The van der Waals surface area contributed by atoms with Gasteiger partial charge in [-0.2, -0.15) is 0 Å². The highest BCUT2D eigenvalue weighted by molar-refractivity contribution is 5.21. The van der Waals surface area contributed by atoms with Crippen molar-refractivity contribution in [2.75, 3.05) is 26.4 Å². The van der Waals surface area contributed by atoms with Crippen molar-refractivity contribution in [3.05, 3.63) is 24.8 Å². The SMILES string of the molecule is C=CCOC(C(O)CO)C1C2C=CC(C2)C1(CO)CO. The molecular weight excluding hydrogens is 260 g/mol. The van der Waals surface area contributed by atoms with E-state index in [9.17, 15) is 20.4 Å². The lowest BCUT2D eigenvalue weighted by molar-refractivity contribution is -0.131. The van der Waals surface area contributed by atoms with Crippen molar-refractivity contribution >= 4 is 0 Å². The molecule has 4 N–H and O–H groups in total. The number of fused-ring (bicyclic) bond motifs is 2. The molecule has 2 bridgehead atoms. The van der Waals surface area contributed by atoms with Crippen molar-refractivity contribution < 1.29 is 25.2 Å². The largest absolute Gasteiger partial charge is 0.396 e. The molecule has 0 amide bonds. The molecule has 0 saturated heterocycles. The Morgan fingerprint density at radius 1 is 1.30 bits per heavy atom. The Morgan fingerprint density at radius 3 is 2.55 bits per heavy atom. The molecule has 1 fully saturated rings. The van der Waals surface area contributed by atoms with Crippen LogP contribution >= 0.6 is 0 Å². The summed E-state index contributed by atoms with van der Waals surface area (Å²) in [5.41, 5.74) is -0.693. The van der Waals surface area contributed by atoms with Gasteiger partial charge in [-0.05, 0) is 18.3 Å². The first kappa shape index (κ1) is 15.7. The summed E-state index contributed by atoms with van der Waals surface area (Å²) >= 11 is 0. The van der Waals surface area contributed by atoms with Gasteiger partial charge in [0.1, 0.15) is 6.10 Å². The zero-order valence-corrected chi connectivity index (χ0v) is 11.6. The van der Waals surface area contributed by atoms with Crippen molar-refractivity contribution in [1.82, 2.24) is 0 Å². The van der Waals surface area contributed by atoms with Gasteiger partial charge in [0.05, 0.1) is 32.5 Å². The van der Waals surface area contributed by atoms with E-state index in [0.29, 0.717) is 0 Å². The predicted octanol–water partition coefficient (Wildman–Crippen LogP) is -0.296. The zero-order valence-electron chi connectivity index (χ0n) is 11.6. The van der Waals surface area contributed by atoms with Gasteiger partial charge in [-0.25, -0.2) is 0 Å². The minimum Gasteiger partial charge on any atom is -0.396 e. The van der Waals surface area contributed by atoms with E-state index in [-0.39, 0.29) is 37.6 Å². The normalized spacial score (nSPS) is 33.3. The van der Waals surface area contributed by atoms with E-state index in [1.54, 1.807) is 6.08 Å². The Balaban J connectivity index is 2.29. The van der Waals surface area contributed by atoms with Crippen molar-refractivity contribution in [3.63, 3.8) is 0 Å². The Hall–Kier alpha value is -0.720. The van der Waals surface area contributed by atoms with E-state index in [0.717, 1.165) is 6.42 Å². The van der Waals surface area contributed by atoms with Gasteiger partial charge in [0.15, 0.2) is 0 Å². The van der Waals surface area contributed by atoms with E-state index in [1.807, 2.05) is 6.08 Å². The van der Waals surface area contributed by atoms with E-state index in [2.05, 4.69) is 12.7 Å². The van der Waals surface area contributed by atoms with Crippen LogP contribution < -0.4 is 0 Å². The number of hydrogen-bond donors (Lipinski definition) is 4. The molecule has 0 heterocycles. The molecule has 0 aromatic carbocycles. The molecule has 2 aliphatic rings. The molecule has 5 unspecified atom stereocenters. The van der Waals surface area contributed by atoms with Crippen LogP contribution in [0.15, 0.2) is 24.8 Å².